The molecule has 1 fully saturated rings. The lowest BCUT2D eigenvalue weighted by atomic mass is 10.0. The maximum Gasteiger partial charge on any atom is 0.227 e. The number of fused-ring (bicyclic) bond motifs is 3. The summed E-state index contributed by atoms with van der Waals surface area (Å²) < 4.78 is 0. The van der Waals surface area contributed by atoms with E-state index in [1.807, 2.05) is 37.5 Å². The smallest absolute Gasteiger partial charge is 0.227 e. The number of halogens is 1. The minimum absolute atomic E-state index is 0.536. The van der Waals surface area contributed by atoms with Gasteiger partial charge in [0.25, 0.3) is 0 Å². The summed E-state index contributed by atoms with van der Waals surface area (Å²) in [7, 11) is 2.06. The highest BCUT2D eigenvalue weighted by Gasteiger charge is 2.20. The molecule has 182 valence electrons. The van der Waals surface area contributed by atoms with Crippen molar-refractivity contribution in [2.75, 3.05) is 37.3 Å². The van der Waals surface area contributed by atoms with Crippen molar-refractivity contribution in [1.82, 2.24) is 25.2 Å². The molecule has 7 nitrogen and oxygen atoms in total. The quantitative estimate of drug-likeness (QED) is 0.412. The predicted molar refractivity (Wildman–Crippen MR) is 147 cm³/mol. The summed E-state index contributed by atoms with van der Waals surface area (Å²) in [4.78, 5) is 17.4. The molecule has 1 saturated heterocycles. The molecular weight excluding hydrogens is 478 g/mol. The number of thiocarbonyl (C=S) groups is 1. The summed E-state index contributed by atoms with van der Waals surface area (Å²) in [6, 6.07) is 8.54. The van der Waals surface area contributed by atoms with Crippen molar-refractivity contribution in [2.45, 2.75) is 38.6 Å². The number of hydrogen-bond donors (Lipinski definition) is 3. The number of piperidine rings is 1. The number of hydrogen-bond acceptors (Lipinski definition) is 7. The summed E-state index contributed by atoms with van der Waals surface area (Å²) in [5, 5.41) is 10.7. The standard InChI is InChI=1S/C26H30ClN7S/c1-16-22(11-17(14-29-16)5-8-34-9-6-20(28-2)7-10-34)32-26-30-15-18-12-24(35)31-23-13-19(27)3-4-21(23)25(18)33-26/h3-4,11,13-15,20,28H,5-10,12H2,1-2H3,(H,31,35)(H,30,32,33). The van der Waals surface area contributed by atoms with Crippen molar-refractivity contribution in [3.05, 3.63) is 58.5 Å². The van der Waals surface area contributed by atoms with E-state index < -0.39 is 0 Å². The monoisotopic (exact) mass is 507 g/mol. The van der Waals surface area contributed by atoms with Gasteiger partial charge in [-0.25, -0.2) is 9.97 Å². The Morgan fingerprint density at radius 2 is 2.00 bits per heavy atom. The Balaban J connectivity index is 1.34. The molecule has 35 heavy (non-hydrogen) atoms. The lowest BCUT2D eigenvalue weighted by molar-refractivity contribution is 0.204. The topological polar surface area (TPSA) is 78.0 Å². The van der Waals surface area contributed by atoms with E-state index >= 15 is 0 Å². The highest BCUT2D eigenvalue weighted by molar-refractivity contribution is 7.80. The third-order valence-corrected chi connectivity index (χ3v) is 7.31. The van der Waals surface area contributed by atoms with Gasteiger partial charge in [0.15, 0.2) is 0 Å². The van der Waals surface area contributed by atoms with Gasteiger partial charge < -0.3 is 20.9 Å². The lowest BCUT2D eigenvalue weighted by Gasteiger charge is -2.31. The van der Waals surface area contributed by atoms with Crippen LogP contribution >= 0.6 is 23.8 Å². The maximum atomic E-state index is 6.22. The fourth-order valence-electron chi connectivity index (χ4n) is 4.72. The van der Waals surface area contributed by atoms with E-state index in [4.69, 9.17) is 28.8 Å². The summed E-state index contributed by atoms with van der Waals surface area (Å²) >= 11 is 11.7. The van der Waals surface area contributed by atoms with Crippen molar-refractivity contribution < 1.29 is 0 Å². The summed E-state index contributed by atoms with van der Waals surface area (Å²) in [5.74, 6) is 0.536. The van der Waals surface area contributed by atoms with Gasteiger partial charge in [0.05, 0.1) is 22.1 Å². The van der Waals surface area contributed by atoms with Crippen molar-refractivity contribution in [3.63, 3.8) is 0 Å². The van der Waals surface area contributed by atoms with Crippen molar-refractivity contribution >= 4 is 46.1 Å². The molecule has 5 rings (SSSR count). The zero-order valence-electron chi connectivity index (χ0n) is 20.1. The average Bonchev–Trinajstić information content (AvgIpc) is 2.99. The number of nitrogens with one attached hydrogen (secondary N) is 3. The number of rotatable bonds is 6. The number of aromatic nitrogens is 3. The SMILES string of the molecule is CNC1CCN(CCc2cnc(C)c(Nc3ncc4c(n3)-c3ccc(Cl)cc3NC(=S)C4)c2)CC1. The van der Waals surface area contributed by atoms with Crippen LogP contribution in [0.5, 0.6) is 0 Å². The number of pyridine rings is 1. The van der Waals surface area contributed by atoms with Crippen LogP contribution in [0.1, 0.15) is 29.7 Å². The molecule has 4 heterocycles. The fraction of sp³-hybridized carbons (Fsp3) is 0.385. The van der Waals surface area contributed by atoms with Gasteiger partial charge in [-0.15, -0.1) is 0 Å². The number of likely N-dealkylation sites (tertiary alicyclic amines) is 1. The number of aryl methyl sites for hydroxylation is 1. The van der Waals surface area contributed by atoms with Crippen molar-refractivity contribution in [2.24, 2.45) is 0 Å². The van der Waals surface area contributed by atoms with Crippen molar-refractivity contribution in [3.8, 4) is 11.3 Å². The average molecular weight is 508 g/mol. The zero-order chi connectivity index (χ0) is 24.4. The third kappa shape index (κ3) is 5.62. The maximum absolute atomic E-state index is 6.22. The van der Waals surface area contributed by atoms with E-state index in [0.29, 0.717) is 23.4 Å². The second-order valence-corrected chi connectivity index (χ2v) is 10.2. The molecule has 0 radical (unpaired) electrons. The van der Waals surface area contributed by atoms with Crippen LogP contribution in [0.3, 0.4) is 0 Å². The molecule has 0 saturated carbocycles. The normalized spacial score (nSPS) is 16.3. The Morgan fingerprint density at radius 3 is 2.80 bits per heavy atom. The van der Waals surface area contributed by atoms with Crippen LogP contribution < -0.4 is 16.0 Å². The van der Waals surface area contributed by atoms with Crippen LogP contribution in [0.25, 0.3) is 11.3 Å². The zero-order valence-corrected chi connectivity index (χ0v) is 21.6. The number of nitrogens with zero attached hydrogens (tertiary/aromatic N) is 4. The largest absolute Gasteiger partial charge is 0.349 e. The highest BCUT2D eigenvalue weighted by Crippen LogP contribution is 2.35. The Labute approximate surface area is 216 Å². The van der Waals surface area contributed by atoms with E-state index in [1.54, 1.807) is 0 Å². The summed E-state index contributed by atoms with van der Waals surface area (Å²) in [6.07, 6.45) is 7.80. The van der Waals surface area contributed by atoms with Gasteiger partial charge in [0, 0.05) is 53.2 Å². The molecule has 2 aliphatic heterocycles. The van der Waals surface area contributed by atoms with Crippen molar-refractivity contribution in [1.29, 1.82) is 0 Å². The first kappa shape index (κ1) is 24.1. The minimum atomic E-state index is 0.536. The molecule has 2 aromatic heterocycles. The van der Waals surface area contributed by atoms with E-state index in [9.17, 15) is 0 Å². The molecule has 0 bridgehead atoms. The van der Waals surface area contributed by atoms with Crippen LogP contribution in [0.15, 0.2) is 36.7 Å². The van der Waals surface area contributed by atoms with Crippen LogP contribution in [0.4, 0.5) is 17.3 Å². The van der Waals surface area contributed by atoms with E-state index in [2.05, 4.69) is 43.9 Å². The Kier molecular flexibility index (Phi) is 7.24. The summed E-state index contributed by atoms with van der Waals surface area (Å²) in [5.41, 5.74) is 6.71. The third-order valence-electron chi connectivity index (χ3n) is 6.83. The molecule has 3 N–H and O–H groups in total. The van der Waals surface area contributed by atoms with Gasteiger partial charge in [0.1, 0.15) is 0 Å². The lowest BCUT2D eigenvalue weighted by Crippen LogP contribution is -2.41. The molecule has 0 atom stereocenters. The van der Waals surface area contributed by atoms with Crippen LogP contribution in [0.2, 0.25) is 5.02 Å². The number of anilines is 3. The number of benzene rings is 1. The van der Waals surface area contributed by atoms with Gasteiger partial charge in [-0.3, -0.25) is 4.98 Å². The molecule has 0 aliphatic carbocycles. The predicted octanol–water partition coefficient (Wildman–Crippen LogP) is 4.77. The first-order valence-electron chi connectivity index (χ1n) is 12.1. The van der Waals surface area contributed by atoms with Gasteiger partial charge in [0.2, 0.25) is 5.95 Å². The first-order valence-corrected chi connectivity index (χ1v) is 12.8. The Morgan fingerprint density at radius 1 is 1.17 bits per heavy atom. The molecule has 2 aliphatic rings. The van der Waals surface area contributed by atoms with Gasteiger partial charge >= 0.3 is 0 Å². The molecule has 3 aromatic rings. The first-order chi connectivity index (χ1) is 17.0. The van der Waals surface area contributed by atoms with Crippen LogP contribution in [-0.2, 0) is 12.8 Å². The second-order valence-electron chi connectivity index (χ2n) is 9.24. The molecule has 0 amide bonds. The van der Waals surface area contributed by atoms with Gasteiger partial charge in [-0.2, -0.15) is 0 Å². The molecule has 9 heteroatoms. The molecule has 0 spiro atoms. The van der Waals surface area contributed by atoms with E-state index in [0.717, 1.165) is 64.9 Å². The fourth-order valence-corrected chi connectivity index (χ4v) is 5.15. The Bertz CT molecular complexity index is 1240. The molecule has 1 aromatic carbocycles. The highest BCUT2D eigenvalue weighted by atomic mass is 35.5. The Hall–Kier alpha value is -2.65. The second kappa shape index (κ2) is 10.5. The van der Waals surface area contributed by atoms with E-state index in [-0.39, 0.29) is 0 Å². The van der Waals surface area contributed by atoms with Crippen LogP contribution in [-0.4, -0.2) is 57.6 Å². The summed E-state index contributed by atoms with van der Waals surface area (Å²) in [6.45, 7) is 5.33. The minimum Gasteiger partial charge on any atom is -0.349 e. The molecular formula is C26H30ClN7S. The van der Waals surface area contributed by atoms with Gasteiger partial charge in [-0.1, -0.05) is 23.8 Å². The van der Waals surface area contributed by atoms with E-state index in [1.165, 1.54) is 18.4 Å². The molecule has 0 unspecified atom stereocenters. The van der Waals surface area contributed by atoms with Crippen LogP contribution in [0, 0.1) is 6.92 Å². The van der Waals surface area contributed by atoms with Gasteiger partial charge in [-0.05, 0) is 76.2 Å².